The summed E-state index contributed by atoms with van der Waals surface area (Å²) < 4.78 is 41.7. The van der Waals surface area contributed by atoms with Crippen LogP contribution < -0.4 is 10.4 Å². The number of furan rings is 4. The summed E-state index contributed by atoms with van der Waals surface area (Å²) >= 11 is 9.46. The van der Waals surface area contributed by atoms with Gasteiger partial charge in [0, 0.05) is 72.2 Å². The van der Waals surface area contributed by atoms with Crippen molar-refractivity contribution in [3.63, 3.8) is 0 Å². The quantitative estimate of drug-likeness (QED) is 0.162. The fraction of sp³-hybridized carbons (Fsp3) is 0.111. The van der Waals surface area contributed by atoms with Gasteiger partial charge in [0.15, 0.2) is 27.9 Å². The third-order valence-electron chi connectivity index (χ3n) is 17.9. The molecule has 84 heavy (non-hydrogen) atoms. The van der Waals surface area contributed by atoms with Gasteiger partial charge in [-0.15, -0.1) is 56.7 Å². The molecule has 404 valence electrons. The van der Waals surface area contributed by atoms with E-state index >= 15 is 0 Å². The normalized spacial score (nSPS) is 13.6. The van der Waals surface area contributed by atoms with E-state index < -0.39 is 8.07 Å². The third-order valence-corrected chi connectivity index (χ3v) is 28.0. The highest BCUT2D eigenvalue weighted by Crippen LogP contribution is 2.53. The summed E-state index contributed by atoms with van der Waals surface area (Å²) in [6, 6.07) is 53.6. The van der Waals surface area contributed by atoms with Crippen LogP contribution in [0, 0.1) is 41.5 Å². The molecule has 0 fully saturated rings. The second-order valence-corrected chi connectivity index (χ2v) is 33.5. The fourth-order valence-electron chi connectivity index (χ4n) is 14.0. The molecule has 0 saturated heterocycles. The number of hydrogen-bond acceptors (Lipinski definition) is 9. The third kappa shape index (κ3) is 6.37. The fourth-order valence-corrected chi connectivity index (χ4v) is 25.8. The van der Waals surface area contributed by atoms with Crippen LogP contribution in [0.25, 0.3) is 169 Å². The standard InChI is InChI=1S/C37H27NO2S2Si.C35H21NO2S3/c1-18-6-10-21(11-7-18)38-30-22-12-8-19(2)14-26(22)39-32(30)33-31(38)24-17-29-25(16-27(24)40-33)37-35(42-29)34-36(43(37,4)5)23-13-9-20(3)15-28(23)41-34;1-16-4-8-19(9-5-16)36-24-12-17(2)6-10-20(24)32-28(36)31-33(41-32)22-15-27-23(14-25(22)37-31)30-35(40-27)34-29(38-30)21-11-7-18(3)13-26(21)39-34/h6-17H,1-5H3;4-15H,1-3H3. The summed E-state index contributed by atoms with van der Waals surface area (Å²) in [7, 11) is -1.92. The van der Waals surface area contributed by atoms with E-state index in [0.29, 0.717) is 0 Å². The Morgan fingerprint density at radius 1 is 0.310 bits per heavy atom. The molecule has 19 aromatic rings. The molecule has 1 aliphatic rings. The SMILES string of the molecule is Cc1ccc(-n2c3c4ccc(C)cc4oc3c3oc4cc5c6c(sc5cc4c32)-c2sc3cc(C)ccc3c2[Si]6(C)C)cc1.Cc1ccc(-n2c3cc(C)ccc3c3sc4c5cc6sc7c(oc8c9ccc(C)cc9sc87)c6cc5oc4c32)cc1. The van der Waals surface area contributed by atoms with Gasteiger partial charge in [0.1, 0.15) is 41.4 Å². The lowest BCUT2D eigenvalue weighted by Crippen LogP contribution is -2.49. The maximum absolute atomic E-state index is 6.81. The first-order valence-corrected chi connectivity index (χ1v) is 35.5. The van der Waals surface area contributed by atoms with Gasteiger partial charge in [0.25, 0.3) is 0 Å². The largest absolute Gasteiger partial charge is 0.453 e. The van der Waals surface area contributed by atoms with Gasteiger partial charge in [0.05, 0.1) is 24.3 Å². The first kappa shape index (κ1) is 48.2. The molecule has 1 aliphatic heterocycles. The van der Waals surface area contributed by atoms with E-state index in [-0.39, 0.29) is 0 Å². The predicted octanol–water partition coefficient (Wildman–Crippen LogP) is 22.4. The summed E-state index contributed by atoms with van der Waals surface area (Å²) in [5.41, 5.74) is 21.7. The molecule has 6 nitrogen and oxygen atoms in total. The second kappa shape index (κ2) is 16.6. The summed E-state index contributed by atoms with van der Waals surface area (Å²) in [5.74, 6) is 0. The van der Waals surface area contributed by atoms with Crippen LogP contribution >= 0.6 is 56.7 Å². The summed E-state index contributed by atoms with van der Waals surface area (Å²) in [6.45, 7) is 17.9. The summed E-state index contributed by atoms with van der Waals surface area (Å²) in [4.78, 5) is 2.98. The average molecular weight is 1190 g/mol. The highest BCUT2D eigenvalue weighted by Gasteiger charge is 2.44. The van der Waals surface area contributed by atoms with E-state index in [4.69, 9.17) is 17.7 Å². The molecule has 0 radical (unpaired) electrons. The molecule has 0 unspecified atom stereocenters. The lowest BCUT2D eigenvalue weighted by atomic mass is 10.1. The van der Waals surface area contributed by atoms with Crippen LogP contribution in [0.1, 0.15) is 33.4 Å². The van der Waals surface area contributed by atoms with E-state index in [1.165, 1.54) is 113 Å². The minimum atomic E-state index is -1.92. The Bertz CT molecular complexity index is 6150. The van der Waals surface area contributed by atoms with Crippen LogP contribution in [0.15, 0.2) is 163 Å². The Labute approximate surface area is 500 Å². The Balaban J connectivity index is 0.000000124. The van der Waals surface area contributed by atoms with Crippen molar-refractivity contribution in [2.45, 2.75) is 54.6 Å². The van der Waals surface area contributed by atoms with E-state index in [9.17, 15) is 0 Å². The molecule has 20 rings (SSSR count). The van der Waals surface area contributed by atoms with Crippen LogP contribution in [-0.4, -0.2) is 17.2 Å². The Hall–Kier alpha value is -8.20. The lowest BCUT2D eigenvalue weighted by Gasteiger charge is -2.18. The van der Waals surface area contributed by atoms with Gasteiger partial charge in [-0.2, -0.15) is 0 Å². The monoisotopic (exact) mass is 1190 g/mol. The number of rotatable bonds is 2. The van der Waals surface area contributed by atoms with Crippen molar-refractivity contribution in [3.05, 3.63) is 179 Å². The zero-order chi connectivity index (χ0) is 56.1. The van der Waals surface area contributed by atoms with Gasteiger partial charge in [0.2, 0.25) is 0 Å². The van der Waals surface area contributed by atoms with Crippen molar-refractivity contribution in [1.82, 2.24) is 9.13 Å². The Morgan fingerprint density at radius 2 is 0.786 bits per heavy atom. The van der Waals surface area contributed by atoms with Gasteiger partial charge in [-0.3, -0.25) is 0 Å². The molecular weight excluding hydrogens is 1150 g/mol. The number of aromatic nitrogens is 2. The molecule has 0 saturated carbocycles. The molecule has 0 bridgehead atoms. The van der Waals surface area contributed by atoms with Gasteiger partial charge >= 0.3 is 0 Å². The van der Waals surface area contributed by atoms with E-state index in [0.717, 1.165) is 88.7 Å². The van der Waals surface area contributed by atoms with Crippen LogP contribution in [0.2, 0.25) is 13.1 Å². The van der Waals surface area contributed by atoms with Gasteiger partial charge in [-0.1, -0.05) is 84.9 Å². The zero-order valence-corrected chi connectivity index (χ0v) is 52.0. The molecule has 0 atom stereocenters. The first-order chi connectivity index (χ1) is 40.8. The number of benzene rings is 8. The van der Waals surface area contributed by atoms with Crippen LogP contribution in [0.3, 0.4) is 0 Å². The molecule has 0 N–H and O–H groups in total. The molecule has 11 aromatic heterocycles. The smallest absolute Gasteiger partial charge is 0.196 e. The number of thiophene rings is 5. The molecule has 0 aliphatic carbocycles. The maximum atomic E-state index is 6.81. The van der Waals surface area contributed by atoms with E-state index in [1.54, 1.807) is 10.4 Å². The van der Waals surface area contributed by atoms with Gasteiger partial charge < -0.3 is 26.8 Å². The van der Waals surface area contributed by atoms with E-state index in [2.05, 4.69) is 209 Å². The minimum Gasteiger partial charge on any atom is -0.453 e. The Kier molecular flexibility index (Phi) is 9.51. The van der Waals surface area contributed by atoms with Crippen molar-refractivity contribution < 1.29 is 17.7 Å². The number of aryl methyl sites for hydroxylation is 6. The predicted molar refractivity (Wildman–Crippen MR) is 366 cm³/mol. The summed E-state index contributed by atoms with van der Waals surface area (Å²) in [5, 5.41) is 13.0. The molecule has 12 heteroatoms. The first-order valence-electron chi connectivity index (χ1n) is 28.4. The highest BCUT2D eigenvalue weighted by atomic mass is 32.1. The van der Waals surface area contributed by atoms with Crippen molar-refractivity contribution >= 4 is 223 Å². The van der Waals surface area contributed by atoms with Crippen molar-refractivity contribution in [2.24, 2.45) is 0 Å². The Morgan fingerprint density at radius 3 is 1.48 bits per heavy atom. The average Bonchev–Trinajstić information content (AvgIpc) is 1.58. The number of fused-ring (bicyclic) bond motifs is 28. The number of hydrogen-bond donors (Lipinski definition) is 0. The van der Waals surface area contributed by atoms with E-state index in [1.807, 2.05) is 56.7 Å². The van der Waals surface area contributed by atoms with Crippen LogP contribution in [-0.2, 0) is 0 Å². The molecule has 12 heterocycles. The minimum absolute atomic E-state index is 0.819. The van der Waals surface area contributed by atoms with Crippen LogP contribution in [0.4, 0.5) is 0 Å². The molecule has 8 aromatic carbocycles. The highest BCUT2D eigenvalue weighted by molar-refractivity contribution is 7.35. The molecular formula is C72H48N2O4S5Si. The zero-order valence-electron chi connectivity index (χ0n) is 46.9. The molecule has 0 amide bonds. The number of nitrogens with zero attached hydrogens (tertiary/aromatic N) is 2. The summed E-state index contributed by atoms with van der Waals surface area (Å²) in [6.07, 6.45) is 0. The van der Waals surface area contributed by atoms with Gasteiger partial charge in [-0.05, 0) is 170 Å². The molecule has 0 spiro atoms. The van der Waals surface area contributed by atoms with Crippen molar-refractivity contribution in [3.8, 4) is 21.1 Å². The lowest BCUT2D eigenvalue weighted by molar-refractivity contribution is 0.634. The van der Waals surface area contributed by atoms with Crippen LogP contribution in [0.5, 0.6) is 0 Å². The van der Waals surface area contributed by atoms with Crippen molar-refractivity contribution in [2.75, 3.05) is 0 Å². The topological polar surface area (TPSA) is 62.4 Å². The van der Waals surface area contributed by atoms with Gasteiger partial charge in [-0.25, -0.2) is 0 Å². The second-order valence-electron chi connectivity index (χ2n) is 24.0. The van der Waals surface area contributed by atoms with Crippen molar-refractivity contribution in [1.29, 1.82) is 0 Å². The maximum Gasteiger partial charge on any atom is 0.196 e.